The largest absolute Gasteiger partial charge is 0.256 e. The first kappa shape index (κ1) is 33.5. The van der Waals surface area contributed by atoms with Crippen LogP contribution in [0.1, 0.15) is 139 Å². The molecule has 0 heterocycles. The van der Waals surface area contributed by atoms with E-state index in [1.54, 1.807) is 0 Å². The van der Waals surface area contributed by atoms with Gasteiger partial charge in [-0.1, -0.05) is 152 Å². The van der Waals surface area contributed by atoms with E-state index in [9.17, 15) is 0 Å². The minimum atomic E-state index is 0.959. The standard InChI is InChI=1S/C40H56N2/c1-3-5-7-9-11-13-15-17-19-35-21-23-37(24-22-35)33-41-40-31-27-38(28-32-40)34-42-39-29-25-36(26-30-39)20-18-16-14-12-10-8-6-4-2/h21-34H,3-20H2,1-2H3. The molecule has 3 rings (SSSR count). The number of hydrogen-bond donors (Lipinski definition) is 0. The van der Waals surface area contributed by atoms with Crippen LogP contribution in [-0.2, 0) is 12.8 Å². The first-order chi connectivity index (χ1) is 20.8. The summed E-state index contributed by atoms with van der Waals surface area (Å²) in [5.41, 5.74) is 7.04. The van der Waals surface area contributed by atoms with Crippen LogP contribution < -0.4 is 0 Å². The molecule has 42 heavy (non-hydrogen) atoms. The van der Waals surface area contributed by atoms with Gasteiger partial charge in [-0.05, 0) is 72.2 Å². The molecule has 0 spiro atoms. The maximum Gasteiger partial charge on any atom is 0.0630 e. The third-order valence-electron chi connectivity index (χ3n) is 8.17. The van der Waals surface area contributed by atoms with Crippen LogP contribution in [0.4, 0.5) is 11.4 Å². The monoisotopic (exact) mass is 564 g/mol. The highest BCUT2D eigenvalue weighted by Gasteiger charge is 1.98. The van der Waals surface area contributed by atoms with Crippen molar-refractivity contribution in [1.29, 1.82) is 0 Å². The van der Waals surface area contributed by atoms with Crippen molar-refractivity contribution in [2.75, 3.05) is 0 Å². The van der Waals surface area contributed by atoms with Gasteiger partial charge < -0.3 is 0 Å². The van der Waals surface area contributed by atoms with Crippen molar-refractivity contribution in [2.24, 2.45) is 9.98 Å². The molecule has 0 N–H and O–H groups in total. The van der Waals surface area contributed by atoms with E-state index in [-0.39, 0.29) is 0 Å². The average Bonchev–Trinajstić information content (AvgIpc) is 3.03. The molecule has 3 aromatic carbocycles. The summed E-state index contributed by atoms with van der Waals surface area (Å²) in [6.07, 6.45) is 28.2. The highest BCUT2D eigenvalue weighted by atomic mass is 14.7. The quantitative estimate of drug-likeness (QED) is 0.0856. The van der Waals surface area contributed by atoms with E-state index in [2.05, 4.69) is 96.6 Å². The third-order valence-corrected chi connectivity index (χ3v) is 8.17. The summed E-state index contributed by atoms with van der Waals surface area (Å²) in [5, 5.41) is 0. The lowest BCUT2D eigenvalue weighted by Gasteiger charge is -2.03. The second kappa shape index (κ2) is 21.7. The number of rotatable bonds is 22. The lowest BCUT2D eigenvalue weighted by Crippen LogP contribution is -1.88. The zero-order chi connectivity index (χ0) is 29.5. The molecule has 0 amide bonds. The van der Waals surface area contributed by atoms with Gasteiger partial charge in [-0.25, -0.2) is 0 Å². The smallest absolute Gasteiger partial charge is 0.0630 e. The van der Waals surface area contributed by atoms with Crippen molar-refractivity contribution < 1.29 is 0 Å². The second-order valence-electron chi connectivity index (χ2n) is 12.0. The summed E-state index contributed by atoms with van der Waals surface area (Å²) in [5.74, 6) is 0. The van der Waals surface area contributed by atoms with Gasteiger partial charge in [0.2, 0.25) is 0 Å². The van der Waals surface area contributed by atoms with Crippen molar-refractivity contribution in [3.8, 4) is 0 Å². The van der Waals surface area contributed by atoms with Gasteiger partial charge in [-0.15, -0.1) is 0 Å². The van der Waals surface area contributed by atoms with Crippen LogP contribution >= 0.6 is 0 Å². The molecule has 0 bridgehead atoms. The summed E-state index contributed by atoms with van der Waals surface area (Å²) in [6.45, 7) is 4.56. The minimum absolute atomic E-state index is 0.959. The molecule has 0 saturated carbocycles. The average molecular weight is 565 g/mol. The fourth-order valence-corrected chi connectivity index (χ4v) is 5.39. The molecular weight excluding hydrogens is 508 g/mol. The summed E-state index contributed by atoms with van der Waals surface area (Å²) < 4.78 is 0. The molecule has 3 aromatic rings. The lowest BCUT2D eigenvalue weighted by molar-refractivity contribution is 0.575. The molecule has 2 heteroatoms. The summed E-state index contributed by atoms with van der Waals surface area (Å²) in [6, 6.07) is 25.9. The Morgan fingerprint density at radius 2 is 0.690 bits per heavy atom. The Bertz CT molecular complexity index is 1030. The summed E-state index contributed by atoms with van der Waals surface area (Å²) in [7, 11) is 0. The SMILES string of the molecule is CCCCCCCCCCc1ccc(C=Nc2ccc(C=Nc3ccc(CCCCCCCCCC)cc3)cc2)cc1. The molecule has 0 aromatic heterocycles. The van der Waals surface area contributed by atoms with E-state index in [1.807, 2.05) is 12.4 Å². The molecule has 0 fully saturated rings. The zero-order valence-electron chi connectivity index (χ0n) is 26.7. The Morgan fingerprint density at radius 1 is 0.381 bits per heavy atom. The molecule has 0 aliphatic rings. The topological polar surface area (TPSA) is 24.7 Å². The minimum Gasteiger partial charge on any atom is -0.256 e. The number of nitrogens with zero attached hydrogens (tertiary/aromatic N) is 2. The van der Waals surface area contributed by atoms with Crippen molar-refractivity contribution in [2.45, 2.75) is 129 Å². The van der Waals surface area contributed by atoms with Gasteiger partial charge in [-0.3, -0.25) is 9.98 Å². The van der Waals surface area contributed by atoms with Crippen molar-refractivity contribution >= 4 is 23.8 Å². The molecule has 2 nitrogen and oxygen atoms in total. The molecule has 0 radical (unpaired) electrons. The lowest BCUT2D eigenvalue weighted by atomic mass is 10.0. The van der Waals surface area contributed by atoms with Gasteiger partial charge in [0.05, 0.1) is 11.4 Å². The van der Waals surface area contributed by atoms with E-state index in [4.69, 9.17) is 0 Å². The van der Waals surface area contributed by atoms with Gasteiger partial charge >= 0.3 is 0 Å². The predicted octanol–water partition coefficient (Wildman–Crippen LogP) is 12.6. The Hall–Kier alpha value is -3.00. The van der Waals surface area contributed by atoms with E-state index < -0.39 is 0 Å². The molecule has 226 valence electrons. The predicted molar refractivity (Wildman–Crippen MR) is 186 cm³/mol. The highest BCUT2D eigenvalue weighted by molar-refractivity contribution is 5.84. The number of hydrogen-bond acceptors (Lipinski definition) is 2. The van der Waals surface area contributed by atoms with Crippen LogP contribution in [0.2, 0.25) is 0 Å². The van der Waals surface area contributed by atoms with Crippen LogP contribution in [-0.4, -0.2) is 12.4 Å². The fourth-order valence-electron chi connectivity index (χ4n) is 5.39. The van der Waals surface area contributed by atoms with Gasteiger partial charge in [0, 0.05) is 12.4 Å². The first-order valence-corrected chi connectivity index (χ1v) is 17.1. The Labute approximate surface area is 257 Å². The highest BCUT2D eigenvalue weighted by Crippen LogP contribution is 2.18. The molecule has 0 aliphatic carbocycles. The maximum atomic E-state index is 4.68. The Kier molecular flexibility index (Phi) is 17.3. The van der Waals surface area contributed by atoms with Crippen LogP contribution in [0.5, 0.6) is 0 Å². The van der Waals surface area contributed by atoms with Crippen LogP contribution in [0.3, 0.4) is 0 Å². The van der Waals surface area contributed by atoms with Crippen LogP contribution in [0.25, 0.3) is 0 Å². The second-order valence-corrected chi connectivity index (χ2v) is 12.0. The maximum absolute atomic E-state index is 4.68. The van der Waals surface area contributed by atoms with Crippen molar-refractivity contribution in [3.63, 3.8) is 0 Å². The van der Waals surface area contributed by atoms with Crippen LogP contribution in [0, 0.1) is 0 Å². The number of aliphatic imine (C=N–C) groups is 2. The number of benzene rings is 3. The van der Waals surface area contributed by atoms with Gasteiger partial charge in [-0.2, -0.15) is 0 Å². The zero-order valence-corrected chi connectivity index (χ0v) is 26.7. The van der Waals surface area contributed by atoms with E-state index in [1.165, 1.54) is 127 Å². The van der Waals surface area contributed by atoms with Gasteiger partial charge in [0.15, 0.2) is 0 Å². The Morgan fingerprint density at radius 3 is 1.10 bits per heavy atom. The molecular formula is C40H56N2. The van der Waals surface area contributed by atoms with Gasteiger partial charge in [0.25, 0.3) is 0 Å². The first-order valence-electron chi connectivity index (χ1n) is 17.1. The van der Waals surface area contributed by atoms with Crippen molar-refractivity contribution in [1.82, 2.24) is 0 Å². The van der Waals surface area contributed by atoms with Crippen LogP contribution in [0.15, 0.2) is 82.8 Å². The third kappa shape index (κ3) is 14.8. The summed E-state index contributed by atoms with van der Waals surface area (Å²) >= 11 is 0. The molecule has 0 unspecified atom stereocenters. The Balaban J connectivity index is 1.33. The van der Waals surface area contributed by atoms with E-state index in [0.717, 1.165) is 22.5 Å². The van der Waals surface area contributed by atoms with E-state index in [0.29, 0.717) is 0 Å². The molecule has 0 aliphatic heterocycles. The number of unbranched alkanes of at least 4 members (excludes halogenated alkanes) is 14. The molecule has 0 atom stereocenters. The van der Waals surface area contributed by atoms with Crippen molar-refractivity contribution in [3.05, 3.63) is 95.1 Å². The van der Waals surface area contributed by atoms with E-state index >= 15 is 0 Å². The van der Waals surface area contributed by atoms with Gasteiger partial charge in [0.1, 0.15) is 0 Å². The summed E-state index contributed by atoms with van der Waals surface area (Å²) in [4.78, 5) is 9.35. The molecule has 0 saturated heterocycles. The fraction of sp³-hybridized carbons (Fsp3) is 0.500. The normalized spacial score (nSPS) is 11.7. The number of aryl methyl sites for hydroxylation is 2.